The van der Waals surface area contributed by atoms with E-state index in [1.807, 2.05) is 24.1 Å². The molecule has 1 amide bonds. The van der Waals surface area contributed by atoms with E-state index in [1.54, 1.807) is 23.9 Å². The highest BCUT2D eigenvalue weighted by Crippen LogP contribution is 2.40. The Bertz CT molecular complexity index is 1170. The number of carbonyl (C=O) groups excluding carboxylic acids is 1. The maximum Gasteiger partial charge on any atom is 0.246 e. The summed E-state index contributed by atoms with van der Waals surface area (Å²) in [6, 6.07) is 13.1. The molecule has 0 aliphatic carbocycles. The average molecular weight is 458 g/mol. The Morgan fingerprint density at radius 3 is 2.83 bits per heavy atom. The van der Waals surface area contributed by atoms with Gasteiger partial charge in [0, 0.05) is 65.2 Å². The van der Waals surface area contributed by atoms with Crippen LogP contribution in [0.4, 0.5) is 0 Å². The average Bonchev–Trinajstić information content (AvgIpc) is 3.47. The van der Waals surface area contributed by atoms with E-state index >= 15 is 0 Å². The molecule has 2 fully saturated rings. The van der Waals surface area contributed by atoms with Crippen LogP contribution in [-0.4, -0.2) is 40.5 Å². The lowest BCUT2D eigenvalue weighted by molar-refractivity contribution is -0.127. The summed E-state index contributed by atoms with van der Waals surface area (Å²) < 4.78 is 2.10. The smallest absolute Gasteiger partial charge is 0.246 e. The number of aryl methyl sites for hydroxylation is 1. The van der Waals surface area contributed by atoms with Crippen LogP contribution >= 0.6 is 35.0 Å². The lowest BCUT2D eigenvalue weighted by atomic mass is 10.2. The van der Waals surface area contributed by atoms with Crippen molar-refractivity contribution in [1.29, 1.82) is 0 Å². The molecule has 0 radical (unpaired) electrons. The van der Waals surface area contributed by atoms with Gasteiger partial charge in [-0.25, -0.2) is 0 Å². The standard InChI is InChI=1S/C23H21Cl2N3OS/c1-27-9-8-15-10-18(4-5-19(15)27)30-20-6-2-14(22(24)23(20)25)3-7-21(29)28-13-16-11-17(28)12-26-16/h2-10,16-17,26H,11-13H2,1H3/b7-3+/t16-,17-/m0/s1. The quantitative estimate of drug-likeness (QED) is 0.545. The molecule has 2 aliphatic heterocycles. The Morgan fingerprint density at radius 1 is 1.20 bits per heavy atom. The van der Waals surface area contributed by atoms with Gasteiger partial charge in [0.1, 0.15) is 0 Å². The summed E-state index contributed by atoms with van der Waals surface area (Å²) in [6.07, 6.45) is 6.47. The van der Waals surface area contributed by atoms with Crippen molar-refractivity contribution in [1.82, 2.24) is 14.8 Å². The Kier molecular flexibility index (Phi) is 5.31. The van der Waals surface area contributed by atoms with Crippen LogP contribution in [0.3, 0.4) is 0 Å². The van der Waals surface area contributed by atoms with E-state index in [1.165, 1.54) is 10.9 Å². The molecule has 2 aliphatic rings. The SMILES string of the molecule is Cn1ccc2cc(Sc3ccc(/C=C/C(=O)N4C[C@@H]5C[C@H]4CN5)c(Cl)c3Cl)ccc21. The first-order chi connectivity index (χ1) is 14.5. The van der Waals surface area contributed by atoms with Crippen LogP contribution in [0.1, 0.15) is 12.0 Å². The van der Waals surface area contributed by atoms with Gasteiger partial charge in [0.2, 0.25) is 5.91 Å². The number of amides is 1. The second-order valence-corrected chi connectivity index (χ2v) is 9.72. The second kappa shape index (κ2) is 7.97. The zero-order valence-electron chi connectivity index (χ0n) is 16.4. The monoisotopic (exact) mass is 457 g/mol. The van der Waals surface area contributed by atoms with E-state index < -0.39 is 0 Å². The van der Waals surface area contributed by atoms with Crippen molar-refractivity contribution in [3.63, 3.8) is 0 Å². The largest absolute Gasteiger partial charge is 0.351 e. The summed E-state index contributed by atoms with van der Waals surface area (Å²) in [6.45, 7) is 1.67. The van der Waals surface area contributed by atoms with Crippen molar-refractivity contribution in [2.24, 2.45) is 7.05 Å². The van der Waals surface area contributed by atoms with Crippen LogP contribution in [-0.2, 0) is 11.8 Å². The summed E-state index contributed by atoms with van der Waals surface area (Å²) in [5.41, 5.74) is 1.94. The number of halogens is 2. The highest BCUT2D eigenvalue weighted by Gasteiger charge is 2.39. The Hall–Kier alpha value is -1.92. The Balaban J connectivity index is 1.33. The number of rotatable bonds is 4. The molecule has 2 atom stereocenters. The van der Waals surface area contributed by atoms with E-state index in [2.05, 4.69) is 40.3 Å². The molecule has 3 heterocycles. The maximum absolute atomic E-state index is 12.6. The molecule has 1 aromatic heterocycles. The minimum atomic E-state index is 0.0332. The molecule has 0 saturated carbocycles. The molecule has 3 aromatic rings. The maximum atomic E-state index is 12.6. The van der Waals surface area contributed by atoms with E-state index in [0.29, 0.717) is 22.1 Å². The van der Waals surface area contributed by atoms with Crippen LogP contribution in [0.5, 0.6) is 0 Å². The highest BCUT2D eigenvalue weighted by atomic mass is 35.5. The number of fused-ring (bicyclic) bond motifs is 3. The number of hydrogen-bond acceptors (Lipinski definition) is 3. The molecular weight excluding hydrogens is 437 g/mol. The minimum absolute atomic E-state index is 0.0332. The summed E-state index contributed by atoms with van der Waals surface area (Å²) in [7, 11) is 2.04. The summed E-state index contributed by atoms with van der Waals surface area (Å²) in [4.78, 5) is 16.5. The summed E-state index contributed by atoms with van der Waals surface area (Å²) in [5.74, 6) is 0.0332. The third-order valence-electron chi connectivity index (χ3n) is 5.91. The summed E-state index contributed by atoms with van der Waals surface area (Å²) >= 11 is 14.7. The Labute approximate surface area is 189 Å². The molecule has 0 unspecified atom stereocenters. The number of hydrogen-bond donors (Lipinski definition) is 1. The molecule has 154 valence electrons. The van der Waals surface area contributed by atoms with E-state index in [9.17, 15) is 4.79 Å². The van der Waals surface area contributed by atoms with E-state index in [-0.39, 0.29) is 5.91 Å². The molecule has 1 N–H and O–H groups in total. The van der Waals surface area contributed by atoms with Crippen molar-refractivity contribution in [2.45, 2.75) is 28.3 Å². The van der Waals surface area contributed by atoms with Crippen LogP contribution in [0.2, 0.25) is 10.0 Å². The van der Waals surface area contributed by atoms with Crippen LogP contribution in [0.15, 0.2) is 58.5 Å². The van der Waals surface area contributed by atoms with Gasteiger partial charge in [-0.05, 0) is 48.4 Å². The highest BCUT2D eigenvalue weighted by molar-refractivity contribution is 7.99. The van der Waals surface area contributed by atoms with Gasteiger partial charge >= 0.3 is 0 Å². The van der Waals surface area contributed by atoms with Crippen molar-refractivity contribution >= 4 is 57.8 Å². The number of aromatic nitrogens is 1. The van der Waals surface area contributed by atoms with Gasteiger partial charge in [-0.15, -0.1) is 0 Å². The third kappa shape index (κ3) is 3.65. The molecule has 2 aromatic carbocycles. The first-order valence-electron chi connectivity index (χ1n) is 9.92. The second-order valence-electron chi connectivity index (χ2n) is 7.85. The Morgan fingerprint density at radius 2 is 2.07 bits per heavy atom. The lowest BCUT2D eigenvalue weighted by Crippen LogP contribution is -2.45. The fourth-order valence-corrected chi connectivity index (χ4v) is 5.77. The predicted octanol–water partition coefficient (Wildman–Crippen LogP) is 5.22. The fraction of sp³-hybridized carbons (Fsp3) is 0.261. The zero-order chi connectivity index (χ0) is 20.8. The van der Waals surface area contributed by atoms with Gasteiger partial charge in [-0.2, -0.15) is 0 Å². The van der Waals surface area contributed by atoms with Gasteiger partial charge in [0.25, 0.3) is 0 Å². The molecule has 0 spiro atoms. The van der Waals surface area contributed by atoms with Gasteiger partial charge in [0.05, 0.1) is 10.0 Å². The van der Waals surface area contributed by atoms with Crippen molar-refractivity contribution in [3.05, 3.63) is 64.3 Å². The number of piperazine rings is 1. The van der Waals surface area contributed by atoms with Crippen LogP contribution in [0.25, 0.3) is 17.0 Å². The van der Waals surface area contributed by atoms with Gasteiger partial charge in [0.15, 0.2) is 0 Å². The van der Waals surface area contributed by atoms with E-state index in [0.717, 1.165) is 34.9 Å². The van der Waals surface area contributed by atoms with Crippen molar-refractivity contribution in [3.8, 4) is 0 Å². The molecule has 4 nitrogen and oxygen atoms in total. The number of carbonyl (C=O) groups is 1. The molecule has 2 bridgehead atoms. The van der Waals surface area contributed by atoms with Crippen molar-refractivity contribution < 1.29 is 4.79 Å². The minimum Gasteiger partial charge on any atom is -0.351 e. The van der Waals surface area contributed by atoms with Gasteiger partial charge in [-0.1, -0.05) is 41.0 Å². The number of likely N-dealkylation sites (tertiary alicyclic amines) is 1. The number of nitrogens with zero attached hydrogens (tertiary/aromatic N) is 2. The van der Waals surface area contributed by atoms with Crippen LogP contribution < -0.4 is 5.32 Å². The van der Waals surface area contributed by atoms with Gasteiger partial charge in [-0.3, -0.25) is 4.79 Å². The predicted molar refractivity (Wildman–Crippen MR) is 124 cm³/mol. The molecule has 7 heteroatoms. The topological polar surface area (TPSA) is 37.3 Å². The molecule has 2 saturated heterocycles. The van der Waals surface area contributed by atoms with Gasteiger partial charge < -0.3 is 14.8 Å². The lowest BCUT2D eigenvalue weighted by Gasteiger charge is -2.26. The number of benzene rings is 2. The molecule has 5 rings (SSSR count). The third-order valence-corrected chi connectivity index (χ3v) is 7.96. The number of nitrogens with one attached hydrogen (secondary N) is 1. The van der Waals surface area contributed by atoms with E-state index in [4.69, 9.17) is 23.2 Å². The fourth-order valence-electron chi connectivity index (χ4n) is 4.29. The molecular formula is C23H21Cl2N3OS. The van der Waals surface area contributed by atoms with Crippen molar-refractivity contribution in [2.75, 3.05) is 13.1 Å². The first-order valence-corrected chi connectivity index (χ1v) is 11.5. The summed E-state index contributed by atoms with van der Waals surface area (Å²) in [5, 5.41) is 5.57. The van der Waals surface area contributed by atoms with Crippen LogP contribution in [0, 0.1) is 0 Å². The zero-order valence-corrected chi connectivity index (χ0v) is 18.8. The normalized spacial score (nSPS) is 20.7. The molecule has 30 heavy (non-hydrogen) atoms. The first kappa shape index (κ1) is 20.0.